The van der Waals surface area contributed by atoms with E-state index in [1.807, 2.05) is 13.8 Å². The number of ether oxygens (including phenoxy) is 1. The van der Waals surface area contributed by atoms with E-state index >= 15 is 0 Å². The molecule has 0 aliphatic rings. The topological polar surface area (TPSA) is 50.1 Å². The molecule has 0 bridgehead atoms. The molecular formula is C17H14ClNO2. The van der Waals surface area contributed by atoms with E-state index in [0.29, 0.717) is 21.9 Å². The molecule has 0 saturated carbocycles. The molecule has 0 spiro atoms. The van der Waals surface area contributed by atoms with E-state index in [0.717, 1.165) is 11.1 Å². The lowest BCUT2D eigenvalue weighted by atomic mass is 10.1. The summed E-state index contributed by atoms with van der Waals surface area (Å²) in [7, 11) is 0. The molecule has 3 nitrogen and oxygen atoms in total. The third-order valence-electron chi connectivity index (χ3n) is 3.10. The Kier molecular flexibility index (Phi) is 4.62. The Morgan fingerprint density at radius 2 is 1.76 bits per heavy atom. The van der Waals surface area contributed by atoms with Crippen molar-refractivity contribution >= 4 is 17.4 Å². The molecule has 0 fully saturated rings. The van der Waals surface area contributed by atoms with Gasteiger partial charge in [-0.2, -0.15) is 5.26 Å². The van der Waals surface area contributed by atoms with Gasteiger partial charge in [0, 0.05) is 10.6 Å². The second-order valence-corrected chi connectivity index (χ2v) is 5.21. The van der Waals surface area contributed by atoms with Crippen LogP contribution >= 0.6 is 11.6 Å². The summed E-state index contributed by atoms with van der Waals surface area (Å²) in [6.45, 7) is 3.67. The highest BCUT2D eigenvalue weighted by molar-refractivity contribution is 6.30. The standard InChI is InChI=1S/C17H14ClNO2/c1-11-7-13(9-19)8-12(2)17(11)21-10-16(20)14-3-5-15(18)6-4-14/h3-8H,10H2,1-2H3. The van der Waals surface area contributed by atoms with Crippen molar-refractivity contribution in [3.8, 4) is 11.8 Å². The van der Waals surface area contributed by atoms with E-state index in [9.17, 15) is 4.79 Å². The number of carbonyl (C=O) groups is 1. The molecule has 0 unspecified atom stereocenters. The first-order valence-corrected chi connectivity index (χ1v) is 6.82. The summed E-state index contributed by atoms with van der Waals surface area (Å²) in [6.07, 6.45) is 0. The number of rotatable bonds is 4. The maximum absolute atomic E-state index is 12.1. The summed E-state index contributed by atoms with van der Waals surface area (Å²) in [5, 5.41) is 9.50. The van der Waals surface area contributed by atoms with E-state index in [1.165, 1.54) is 0 Å². The lowest BCUT2D eigenvalue weighted by molar-refractivity contribution is 0.0920. The summed E-state index contributed by atoms with van der Waals surface area (Å²) in [5.74, 6) is 0.533. The maximum Gasteiger partial charge on any atom is 0.200 e. The SMILES string of the molecule is Cc1cc(C#N)cc(C)c1OCC(=O)c1ccc(Cl)cc1. The van der Waals surface area contributed by atoms with Gasteiger partial charge in [0.2, 0.25) is 0 Å². The van der Waals surface area contributed by atoms with E-state index in [4.69, 9.17) is 21.6 Å². The molecule has 4 heteroatoms. The third kappa shape index (κ3) is 3.62. The molecule has 0 heterocycles. The molecule has 2 rings (SSSR count). The van der Waals surface area contributed by atoms with Crippen LogP contribution in [-0.4, -0.2) is 12.4 Å². The van der Waals surface area contributed by atoms with E-state index in [1.54, 1.807) is 36.4 Å². The van der Waals surface area contributed by atoms with Crippen molar-refractivity contribution in [2.75, 3.05) is 6.61 Å². The molecule has 0 amide bonds. The number of nitriles is 1. The molecule has 2 aromatic carbocycles. The number of halogens is 1. The number of carbonyl (C=O) groups excluding carboxylic acids is 1. The van der Waals surface area contributed by atoms with Gasteiger partial charge in [0.15, 0.2) is 12.4 Å². The van der Waals surface area contributed by atoms with Gasteiger partial charge in [-0.15, -0.1) is 0 Å². The lowest BCUT2D eigenvalue weighted by Crippen LogP contribution is -2.12. The number of nitrogens with zero attached hydrogens (tertiary/aromatic N) is 1. The third-order valence-corrected chi connectivity index (χ3v) is 3.36. The zero-order chi connectivity index (χ0) is 15.4. The summed E-state index contributed by atoms with van der Waals surface area (Å²) in [6, 6.07) is 12.3. The minimum atomic E-state index is -0.116. The highest BCUT2D eigenvalue weighted by Crippen LogP contribution is 2.24. The van der Waals surface area contributed by atoms with Crippen molar-refractivity contribution in [3.05, 3.63) is 63.7 Å². The van der Waals surface area contributed by atoms with Crippen LogP contribution in [0, 0.1) is 25.2 Å². The van der Waals surface area contributed by atoms with Crippen LogP contribution in [-0.2, 0) is 0 Å². The van der Waals surface area contributed by atoms with Crippen LogP contribution in [0.4, 0.5) is 0 Å². The molecule has 0 radical (unpaired) electrons. The monoisotopic (exact) mass is 299 g/mol. The van der Waals surface area contributed by atoms with E-state index in [-0.39, 0.29) is 12.4 Å². The lowest BCUT2D eigenvalue weighted by Gasteiger charge is -2.12. The summed E-state index contributed by atoms with van der Waals surface area (Å²) in [5.41, 5.74) is 2.83. The summed E-state index contributed by atoms with van der Waals surface area (Å²) in [4.78, 5) is 12.1. The average Bonchev–Trinajstić information content (AvgIpc) is 2.46. The molecule has 0 N–H and O–H groups in total. The maximum atomic E-state index is 12.1. The Morgan fingerprint density at radius 1 is 1.19 bits per heavy atom. The van der Waals surface area contributed by atoms with Gasteiger partial charge < -0.3 is 4.74 Å². The molecule has 0 aliphatic carbocycles. The molecule has 0 atom stereocenters. The quantitative estimate of drug-likeness (QED) is 0.799. The first kappa shape index (κ1) is 15.1. The van der Waals surface area contributed by atoms with Gasteiger partial charge in [-0.25, -0.2) is 0 Å². The smallest absolute Gasteiger partial charge is 0.200 e. The Morgan fingerprint density at radius 3 is 2.29 bits per heavy atom. The van der Waals surface area contributed by atoms with Crippen LogP contribution in [0.25, 0.3) is 0 Å². The van der Waals surface area contributed by atoms with Gasteiger partial charge in [-0.05, 0) is 61.4 Å². The Bertz CT molecular complexity index is 692. The Balaban J connectivity index is 2.12. The Hall–Kier alpha value is -2.31. The zero-order valence-electron chi connectivity index (χ0n) is 11.8. The molecule has 0 aromatic heterocycles. The van der Waals surface area contributed by atoms with Crippen LogP contribution in [0.2, 0.25) is 5.02 Å². The second kappa shape index (κ2) is 6.43. The van der Waals surface area contributed by atoms with Crippen molar-refractivity contribution in [3.63, 3.8) is 0 Å². The largest absolute Gasteiger partial charge is 0.485 e. The second-order valence-electron chi connectivity index (χ2n) is 4.77. The van der Waals surface area contributed by atoms with Crippen LogP contribution in [0.15, 0.2) is 36.4 Å². The van der Waals surface area contributed by atoms with Gasteiger partial charge in [0.05, 0.1) is 11.6 Å². The number of ketones is 1. The molecule has 2 aromatic rings. The first-order chi connectivity index (χ1) is 10.0. The van der Waals surface area contributed by atoms with Crippen molar-refractivity contribution in [2.45, 2.75) is 13.8 Å². The predicted octanol–water partition coefficient (Wildman–Crippen LogP) is 4.09. The minimum Gasteiger partial charge on any atom is -0.485 e. The highest BCUT2D eigenvalue weighted by Gasteiger charge is 2.11. The van der Waals surface area contributed by atoms with Gasteiger partial charge in [0.1, 0.15) is 5.75 Å². The highest BCUT2D eigenvalue weighted by atomic mass is 35.5. The fourth-order valence-corrected chi connectivity index (χ4v) is 2.23. The molecule has 21 heavy (non-hydrogen) atoms. The van der Waals surface area contributed by atoms with Crippen LogP contribution < -0.4 is 4.74 Å². The molecule has 0 saturated heterocycles. The van der Waals surface area contributed by atoms with E-state index < -0.39 is 0 Å². The molecular weight excluding hydrogens is 286 g/mol. The number of benzene rings is 2. The predicted molar refractivity (Wildman–Crippen MR) is 81.9 cm³/mol. The summed E-state index contributed by atoms with van der Waals surface area (Å²) < 4.78 is 5.62. The number of Topliss-reactive ketones (excluding diaryl/α,β-unsaturated/α-hetero) is 1. The number of hydrogen-bond donors (Lipinski definition) is 0. The van der Waals surface area contributed by atoms with Gasteiger partial charge in [-0.3, -0.25) is 4.79 Å². The van der Waals surface area contributed by atoms with Gasteiger partial charge in [0.25, 0.3) is 0 Å². The van der Waals surface area contributed by atoms with Crippen LogP contribution in [0.3, 0.4) is 0 Å². The molecule has 106 valence electrons. The fourth-order valence-electron chi connectivity index (χ4n) is 2.10. The average molecular weight is 300 g/mol. The minimum absolute atomic E-state index is 0.0464. The first-order valence-electron chi connectivity index (χ1n) is 6.44. The van der Waals surface area contributed by atoms with Gasteiger partial charge >= 0.3 is 0 Å². The Labute approximate surface area is 128 Å². The zero-order valence-corrected chi connectivity index (χ0v) is 12.6. The van der Waals surface area contributed by atoms with Crippen LogP contribution in [0.5, 0.6) is 5.75 Å². The van der Waals surface area contributed by atoms with E-state index in [2.05, 4.69) is 6.07 Å². The number of hydrogen-bond acceptors (Lipinski definition) is 3. The number of aryl methyl sites for hydroxylation is 2. The van der Waals surface area contributed by atoms with Crippen molar-refractivity contribution < 1.29 is 9.53 Å². The van der Waals surface area contributed by atoms with Crippen molar-refractivity contribution in [1.82, 2.24) is 0 Å². The molecule has 0 aliphatic heterocycles. The van der Waals surface area contributed by atoms with Crippen molar-refractivity contribution in [1.29, 1.82) is 5.26 Å². The normalized spacial score (nSPS) is 10.0. The van der Waals surface area contributed by atoms with Gasteiger partial charge in [-0.1, -0.05) is 11.6 Å². The van der Waals surface area contributed by atoms with Crippen LogP contribution in [0.1, 0.15) is 27.0 Å². The summed E-state index contributed by atoms with van der Waals surface area (Å²) >= 11 is 5.79. The van der Waals surface area contributed by atoms with Crippen molar-refractivity contribution in [2.24, 2.45) is 0 Å². The fraction of sp³-hybridized carbons (Fsp3) is 0.176.